The van der Waals surface area contributed by atoms with Crippen LogP contribution in [0.5, 0.6) is 0 Å². The molecule has 20 heavy (non-hydrogen) atoms. The Morgan fingerprint density at radius 2 is 2.30 bits per heavy atom. The van der Waals surface area contributed by atoms with Gasteiger partial charge >= 0.3 is 0 Å². The maximum Gasteiger partial charge on any atom is 0.228 e. The van der Waals surface area contributed by atoms with Crippen LogP contribution in [0.4, 0.5) is 0 Å². The number of aryl methyl sites for hydroxylation is 1. The Labute approximate surface area is 121 Å². The molecule has 0 bridgehead atoms. The van der Waals surface area contributed by atoms with Crippen LogP contribution in [0.3, 0.4) is 0 Å². The molecule has 1 N–H and O–H groups in total. The normalized spacial score (nSPS) is 12.4. The van der Waals surface area contributed by atoms with Crippen LogP contribution in [-0.4, -0.2) is 40.6 Å². The van der Waals surface area contributed by atoms with Gasteiger partial charge in [0.1, 0.15) is 5.76 Å². The van der Waals surface area contributed by atoms with Gasteiger partial charge in [0.05, 0.1) is 18.2 Å². The first-order valence-corrected chi connectivity index (χ1v) is 7.27. The van der Waals surface area contributed by atoms with E-state index >= 15 is 0 Å². The van der Waals surface area contributed by atoms with E-state index in [1.807, 2.05) is 24.4 Å². The second-order valence-corrected chi connectivity index (χ2v) is 5.71. The molecule has 6 heteroatoms. The molecule has 2 aromatic rings. The molecule has 2 aromatic heterocycles. The van der Waals surface area contributed by atoms with Gasteiger partial charge in [0.2, 0.25) is 5.91 Å². The Bertz CT molecular complexity index is 589. The SMILES string of the molecule is Cc1ccc(-c2nc(CC(=O)N(C)C[C@H](C)O)cs2)o1. The van der Waals surface area contributed by atoms with Gasteiger partial charge in [0.25, 0.3) is 0 Å². The van der Waals surface area contributed by atoms with E-state index in [9.17, 15) is 9.90 Å². The fourth-order valence-electron chi connectivity index (χ4n) is 1.84. The summed E-state index contributed by atoms with van der Waals surface area (Å²) in [4.78, 5) is 17.9. The third-order valence-corrected chi connectivity index (χ3v) is 3.70. The van der Waals surface area contributed by atoms with Crippen molar-refractivity contribution < 1.29 is 14.3 Å². The summed E-state index contributed by atoms with van der Waals surface area (Å²) in [7, 11) is 1.68. The molecule has 0 radical (unpaired) electrons. The number of amides is 1. The van der Waals surface area contributed by atoms with Crippen molar-refractivity contribution in [2.75, 3.05) is 13.6 Å². The molecule has 0 unspecified atom stereocenters. The zero-order valence-corrected chi connectivity index (χ0v) is 12.6. The van der Waals surface area contributed by atoms with Crippen molar-refractivity contribution in [3.8, 4) is 10.8 Å². The summed E-state index contributed by atoms with van der Waals surface area (Å²) < 4.78 is 5.51. The highest BCUT2D eigenvalue weighted by Gasteiger charge is 2.15. The van der Waals surface area contributed by atoms with Gasteiger partial charge in [-0.25, -0.2) is 4.98 Å². The molecular formula is C14H18N2O3S. The van der Waals surface area contributed by atoms with E-state index in [1.54, 1.807) is 14.0 Å². The van der Waals surface area contributed by atoms with Gasteiger partial charge < -0.3 is 14.4 Å². The van der Waals surface area contributed by atoms with E-state index < -0.39 is 6.10 Å². The summed E-state index contributed by atoms with van der Waals surface area (Å²) in [6.45, 7) is 3.86. The Kier molecular flexibility index (Phi) is 4.57. The fourth-order valence-corrected chi connectivity index (χ4v) is 2.62. The molecule has 2 rings (SSSR count). The lowest BCUT2D eigenvalue weighted by Crippen LogP contribution is -2.34. The number of aliphatic hydroxyl groups excluding tert-OH is 1. The average molecular weight is 294 g/mol. The number of furan rings is 1. The summed E-state index contributed by atoms with van der Waals surface area (Å²) in [6, 6.07) is 3.76. The van der Waals surface area contributed by atoms with Gasteiger partial charge in [-0.2, -0.15) is 0 Å². The van der Waals surface area contributed by atoms with Crippen LogP contribution in [0.15, 0.2) is 21.9 Å². The number of likely N-dealkylation sites (N-methyl/N-ethyl adjacent to an activating group) is 1. The molecule has 1 atom stereocenters. The Morgan fingerprint density at radius 3 is 2.90 bits per heavy atom. The number of rotatable bonds is 5. The second-order valence-electron chi connectivity index (χ2n) is 4.85. The first-order valence-electron chi connectivity index (χ1n) is 6.39. The van der Waals surface area contributed by atoms with Crippen LogP contribution in [-0.2, 0) is 11.2 Å². The number of carbonyl (C=O) groups is 1. The van der Waals surface area contributed by atoms with E-state index in [0.29, 0.717) is 6.54 Å². The maximum atomic E-state index is 12.0. The average Bonchev–Trinajstić information content (AvgIpc) is 2.97. The van der Waals surface area contributed by atoms with Gasteiger partial charge in [0.15, 0.2) is 10.8 Å². The lowest BCUT2D eigenvalue weighted by atomic mass is 10.3. The van der Waals surface area contributed by atoms with Crippen molar-refractivity contribution in [2.45, 2.75) is 26.4 Å². The minimum absolute atomic E-state index is 0.0571. The number of carbonyl (C=O) groups excluding carboxylic acids is 1. The highest BCUT2D eigenvalue weighted by Crippen LogP contribution is 2.25. The number of thiazole rings is 1. The molecular weight excluding hydrogens is 276 g/mol. The van der Waals surface area contributed by atoms with E-state index in [-0.39, 0.29) is 12.3 Å². The lowest BCUT2D eigenvalue weighted by Gasteiger charge is -2.18. The molecule has 2 heterocycles. The second kappa shape index (κ2) is 6.19. The molecule has 5 nitrogen and oxygen atoms in total. The van der Waals surface area contributed by atoms with Crippen molar-refractivity contribution in [3.05, 3.63) is 29.0 Å². The Hall–Kier alpha value is -1.66. The van der Waals surface area contributed by atoms with Crippen molar-refractivity contribution >= 4 is 17.2 Å². The zero-order valence-electron chi connectivity index (χ0n) is 11.8. The van der Waals surface area contributed by atoms with Gasteiger partial charge in [-0.15, -0.1) is 11.3 Å². The molecule has 1 amide bonds. The van der Waals surface area contributed by atoms with Gasteiger partial charge in [-0.1, -0.05) is 0 Å². The molecule has 0 aliphatic rings. The first kappa shape index (κ1) is 14.7. The summed E-state index contributed by atoms with van der Waals surface area (Å²) in [5.74, 6) is 1.51. The van der Waals surface area contributed by atoms with Crippen LogP contribution in [0.1, 0.15) is 18.4 Å². The van der Waals surface area contributed by atoms with Gasteiger partial charge in [0, 0.05) is 19.0 Å². The Balaban J connectivity index is 2.01. The van der Waals surface area contributed by atoms with Gasteiger partial charge in [-0.05, 0) is 26.0 Å². The van der Waals surface area contributed by atoms with Crippen molar-refractivity contribution in [1.29, 1.82) is 0 Å². The molecule has 0 fully saturated rings. The fraction of sp³-hybridized carbons (Fsp3) is 0.429. The maximum absolute atomic E-state index is 12.0. The summed E-state index contributed by atoms with van der Waals surface area (Å²) in [6.07, 6.45) is -0.291. The van der Waals surface area contributed by atoms with E-state index in [2.05, 4.69) is 4.98 Å². The predicted molar refractivity (Wildman–Crippen MR) is 77.6 cm³/mol. The molecule has 0 aliphatic carbocycles. The van der Waals surface area contributed by atoms with Crippen LogP contribution < -0.4 is 0 Å². The molecule has 0 aromatic carbocycles. The smallest absolute Gasteiger partial charge is 0.228 e. The molecule has 108 valence electrons. The quantitative estimate of drug-likeness (QED) is 0.917. The molecule has 0 spiro atoms. The number of hydrogen-bond donors (Lipinski definition) is 1. The summed E-state index contributed by atoms with van der Waals surface area (Å²) in [5, 5.41) is 11.9. The number of nitrogens with zero attached hydrogens (tertiary/aromatic N) is 2. The first-order chi connectivity index (χ1) is 9.45. The van der Waals surface area contributed by atoms with E-state index in [1.165, 1.54) is 16.2 Å². The Morgan fingerprint density at radius 1 is 1.55 bits per heavy atom. The monoisotopic (exact) mass is 294 g/mol. The molecule has 0 aliphatic heterocycles. The number of hydrogen-bond acceptors (Lipinski definition) is 5. The largest absolute Gasteiger partial charge is 0.459 e. The topological polar surface area (TPSA) is 66.6 Å². The van der Waals surface area contributed by atoms with Crippen LogP contribution in [0, 0.1) is 6.92 Å². The van der Waals surface area contributed by atoms with Gasteiger partial charge in [-0.3, -0.25) is 4.79 Å². The van der Waals surface area contributed by atoms with Crippen molar-refractivity contribution in [1.82, 2.24) is 9.88 Å². The number of aliphatic hydroxyl groups is 1. The summed E-state index contributed by atoms with van der Waals surface area (Å²) >= 11 is 1.46. The third-order valence-electron chi connectivity index (χ3n) is 2.80. The predicted octanol–water partition coefficient (Wildman–Crippen LogP) is 2.09. The zero-order chi connectivity index (χ0) is 14.7. The van der Waals surface area contributed by atoms with Crippen LogP contribution >= 0.6 is 11.3 Å². The summed E-state index contributed by atoms with van der Waals surface area (Å²) in [5.41, 5.74) is 0.724. The van der Waals surface area contributed by atoms with Crippen molar-refractivity contribution in [2.24, 2.45) is 0 Å². The molecule has 0 saturated heterocycles. The van der Waals surface area contributed by atoms with Crippen LogP contribution in [0.2, 0.25) is 0 Å². The third kappa shape index (κ3) is 3.68. The van der Waals surface area contributed by atoms with Crippen molar-refractivity contribution in [3.63, 3.8) is 0 Å². The van der Waals surface area contributed by atoms with E-state index in [4.69, 9.17) is 4.42 Å². The lowest BCUT2D eigenvalue weighted by molar-refractivity contribution is -0.130. The van der Waals surface area contributed by atoms with E-state index in [0.717, 1.165) is 22.2 Å². The minimum Gasteiger partial charge on any atom is -0.459 e. The standard InChI is InChI=1S/C14H18N2O3S/c1-9(17)7-16(3)13(18)6-11-8-20-14(15-11)12-5-4-10(2)19-12/h4-5,8-9,17H,6-7H2,1-3H3/t9-/m0/s1. The van der Waals surface area contributed by atoms with Crippen LogP contribution in [0.25, 0.3) is 10.8 Å². The number of aromatic nitrogens is 1. The molecule has 0 saturated carbocycles. The highest BCUT2D eigenvalue weighted by molar-refractivity contribution is 7.13. The highest BCUT2D eigenvalue weighted by atomic mass is 32.1. The minimum atomic E-state index is -0.527.